The fourth-order valence-electron chi connectivity index (χ4n) is 4.42. The van der Waals surface area contributed by atoms with E-state index in [1.807, 2.05) is 33.2 Å². The third kappa shape index (κ3) is 5.38. The SMILES string of the molecule is COc1ccc(C)c2sc(N(CCCN(C)C)C(=O)C3CCCN3S(=O)(=O)c3ccc(Cl)cc3)nc12. The van der Waals surface area contributed by atoms with Crippen LogP contribution in [0.25, 0.3) is 10.2 Å². The van der Waals surface area contributed by atoms with Gasteiger partial charge in [-0.05, 0) is 82.7 Å². The monoisotopic (exact) mass is 550 g/mol. The van der Waals surface area contributed by atoms with Gasteiger partial charge in [0.25, 0.3) is 0 Å². The molecule has 1 amide bonds. The maximum atomic E-state index is 14.0. The second-order valence-corrected chi connectivity index (χ2v) is 12.4. The van der Waals surface area contributed by atoms with Crippen molar-refractivity contribution in [3.8, 4) is 5.75 Å². The zero-order chi connectivity index (χ0) is 26.0. The van der Waals surface area contributed by atoms with Crippen LogP contribution < -0.4 is 9.64 Å². The number of methoxy groups -OCH3 is 1. The number of aromatic nitrogens is 1. The van der Waals surface area contributed by atoms with E-state index in [0.29, 0.717) is 47.4 Å². The molecule has 1 saturated heterocycles. The highest BCUT2D eigenvalue weighted by atomic mass is 35.5. The predicted octanol–water partition coefficient (Wildman–Crippen LogP) is 4.40. The Morgan fingerprint density at radius 1 is 1.19 bits per heavy atom. The summed E-state index contributed by atoms with van der Waals surface area (Å²) >= 11 is 7.39. The van der Waals surface area contributed by atoms with Crippen molar-refractivity contribution >= 4 is 54.2 Å². The fraction of sp³-hybridized carbons (Fsp3) is 0.440. The van der Waals surface area contributed by atoms with Crippen LogP contribution in [0.15, 0.2) is 41.3 Å². The van der Waals surface area contributed by atoms with Crippen LogP contribution in [0.1, 0.15) is 24.8 Å². The lowest BCUT2D eigenvalue weighted by Crippen LogP contribution is -2.48. The van der Waals surface area contributed by atoms with Crippen molar-refractivity contribution in [2.75, 3.05) is 45.7 Å². The highest BCUT2D eigenvalue weighted by Gasteiger charge is 2.42. The quantitative estimate of drug-likeness (QED) is 0.392. The number of hydrogen-bond acceptors (Lipinski definition) is 7. The molecule has 0 spiro atoms. The van der Waals surface area contributed by atoms with Gasteiger partial charge in [-0.2, -0.15) is 4.31 Å². The highest BCUT2D eigenvalue weighted by Crippen LogP contribution is 2.37. The van der Waals surface area contributed by atoms with Crippen molar-refractivity contribution in [1.82, 2.24) is 14.2 Å². The van der Waals surface area contributed by atoms with Crippen LogP contribution in [0.4, 0.5) is 5.13 Å². The van der Waals surface area contributed by atoms with E-state index in [2.05, 4.69) is 4.90 Å². The molecule has 0 bridgehead atoms. The first-order valence-corrected chi connectivity index (χ1v) is 14.4. The lowest BCUT2D eigenvalue weighted by molar-refractivity contribution is -0.121. The standard InChI is InChI=1S/C25H31ClN4O4S2/c1-17-8-13-21(34-4)22-23(17)35-25(27-22)29(15-6-14-28(2)3)24(31)20-7-5-16-30(20)36(32,33)19-11-9-18(26)10-12-19/h8-13,20H,5-7,14-16H2,1-4H3. The summed E-state index contributed by atoms with van der Waals surface area (Å²) in [6.07, 6.45) is 1.80. The Labute approximate surface area is 221 Å². The minimum Gasteiger partial charge on any atom is -0.494 e. The number of ether oxygens (including phenoxy) is 1. The van der Waals surface area contributed by atoms with Crippen LogP contribution in [0, 0.1) is 6.92 Å². The van der Waals surface area contributed by atoms with Gasteiger partial charge in [-0.25, -0.2) is 13.4 Å². The van der Waals surface area contributed by atoms with Crippen molar-refractivity contribution in [2.45, 2.75) is 37.1 Å². The van der Waals surface area contributed by atoms with Gasteiger partial charge < -0.3 is 9.64 Å². The number of halogens is 1. The minimum atomic E-state index is -3.86. The van der Waals surface area contributed by atoms with Crippen LogP contribution in [0.5, 0.6) is 5.75 Å². The molecular weight excluding hydrogens is 520 g/mol. The van der Waals surface area contributed by atoms with Crippen LogP contribution >= 0.6 is 22.9 Å². The number of hydrogen-bond donors (Lipinski definition) is 0. The summed E-state index contributed by atoms with van der Waals surface area (Å²) in [6, 6.07) is 9.11. The minimum absolute atomic E-state index is 0.131. The van der Waals surface area contributed by atoms with Crippen molar-refractivity contribution in [1.29, 1.82) is 0 Å². The zero-order valence-corrected chi connectivity index (χ0v) is 23.3. The molecule has 11 heteroatoms. The first kappa shape index (κ1) is 26.8. The van der Waals surface area contributed by atoms with Crippen LogP contribution in [0.2, 0.25) is 5.02 Å². The van der Waals surface area contributed by atoms with Gasteiger partial charge in [0.05, 0.1) is 16.7 Å². The van der Waals surface area contributed by atoms with E-state index in [0.717, 1.165) is 23.2 Å². The summed E-state index contributed by atoms with van der Waals surface area (Å²) in [5, 5.41) is 1.01. The molecule has 2 aromatic carbocycles. The number of carbonyl (C=O) groups excluding carboxylic acids is 1. The average molecular weight is 551 g/mol. The molecule has 4 rings (SSSR count). The van der Waals surface area contributed by atoms with E-state index in [1.54, 1.807) is 24.1 Å². The first-order valence-electron chi connectivity index (χ1n) is 11.8. The lowest BCUT2D eigenvalue weighted by atomic mass is 10.2. The molecule has 1 aliphatic rings. The van der Waals surface area contributed by atoms with Gasteiger partial charge >= 0.3 is 0 Å². The zero-order valence-electron chi connectivity index (χ0n) is 20.9. The molecule has 0 saturated carbocycles. The Kier molecular flexibility index (Phi) is 8.21. The van der Waals surface area contributed by atoms with Crippen molar-refractivity contribution in [3.05, 3.63) is 47.0 Å². The molecule has 194 valence electrons. The third-order valence-corrected chi connectivity index (χ3v) is 9.69. The predicted molar refractivity (Wildman–Crippen MR) is 145 cm³/mol. The summed E-state index contributed by atoms with van der Waals surface area (Å²) < 4.78 is 34.7. The van der Waals surface area contributed by atoms with Gasteiger partial charge in [0.15, 0.2) is 5.13 Å². The Morgan fingerprint density at radius 3 is 2.58 bits per heavy atom. The number of carbonyl (C=O) groups is 1. The van der Waals surface area contributed by atoms with Crippen molar-refractivity contribution in [3.63, 3.8) is 0 Å². The topological polar surface area (TPSA) is 83.0 Å². The number of amides is 1. The second-order valence-electron chi connectivity index (χ2n) is 9.13. The van der Waals surface area contributed by atoms with E-state index in [9.17, 15) is 13.2 Å². The van der Waals surface area contributed by atoms with E-state index >= 15 is 0 Å². The average Bonchev–Trinajstić information content (AvgIpc) is 3.51. The van der Waals surface area contributed by atoms with Gasteiger partial charge in [-0.1, -0.05) is 29.0 Å². The van der Waals surface area contributed by atoms with Gasteiger partial charge in [0.2, 0.25) is 15.9 Å². The molecule has 1 atom stereocenters. The Bertz CT molecular complexity index is 1340. The van der Waals surface area contributed by atoms with Crippen LogP contribution in [-0.4, -0.2) is 75.4 Å². The van der Waals surface area contributed by atoms with Gasteiger partial charge in [-0.15, -0.1) is 0 Å². The molecule has 1 fully saturated rings. The summed E-state index contributed by atoms with van der Waals surface area (Å²) in [4.78, 5) is 22.6. The summed E-state index contributed by atoms with van der Waals surface area (Å²) in [7, 11) is 1.70. The van der Waals surface area contributed by atoms with Crippen LogP contribution in [-0.2, 0) is 14.8 Å². The molecule has 36 heavy (non-hydrogen) atoms. The number of aryl methyl sites for hydroxylation is 1. The molecular formula is C25H31ClN4O4S2. The van der Waals surface area contributed by atoms with Gasteiger partial charge in [-0.3, -0.25) is 9.69 Å². The molecule has 3 aromatic rings. The van der Waals surface area contributed by atoms with Gasteiger partial charge in [0.1, 0.15) is 17.3 Å². The maximum absolute atomic E-state index is 14.0. The second kappa shape index (κ2) is 11.0. The Morgan fingerprint density at radius 2 is 1.92 bits per heavy atom. The highest BCUT2D eigenvalue weighted by molar-refractivity contribution is 7.89. The first-order chi connectivity index (χ1) is 17.1. The number of fused-ring (bicyclic) bond motifs is 1. The smallest absolute Gasteiger partial charge is 0.247 e. The molecule has 0 aliphatic carbocycles. The Balaban J connectivity index is 1.70. The van der Waals surface area contributed by atoms with Crippen LogP contribution in [0.3, 0.4) is 0 Å². The molecule has 1 aliphatic heterocycles. The number of nitrogens with zero attached hydrogens (tertiary/aromatic N) is 4. The fourth-order valence-corrected chi connectivity index (χ4v) is 7.28. The lowest BCUT2D eigenvalue weighted by Gasteiger charge is -2.29. The van der Waals surface area contributed by atoms with E-state index < -0.39 is 16.1 Å². The normalized spacial score (nSPS) is 16.7. The molecule has 0 radical (unpaired) electrons. The molecule has 8 nitrogen and oxygen atoms in total. The molecule has 1 aromatic heterocycles. The number of anilines is 1. The van der Waals surface area contributed by atoms with Crippen molar-refractivity contribution < 1.29 is 17.9 Å². The number of rotatable bonds is 9. The molecule has 0 N–H and O–H groups in total. The number of benzene rings is 2. The Hall–Kier alpha value is -2.24. The molecule has 2 heterocycles. The molecule has 1 unspecified atom stereocenters. The summed E-state index contributed by atoms with van der Waals surface area (Å²) in [5.74, 6) is 0.395. The summed E-state index contributed by atoms with van der Waals surface area (Å²) in [6.45, 7) is 3.51. The summed E-state index contributed by atoms with van der Waals surface area (Å²) in [5.41, 5.74) is 1.75. The van der Waals surface area contributed by atoms with Gasteiger partial charge in [0, 0.05) is 18.1 Å². The number of sulfonamides is 1. The number of thiazole rings is 1. The van der Waals surface area contributed by atoms with E-state index in [1.165, 1.54) is 27.8 Å². The maximum Gasteiger partial charge on any atom is 0.247 e. The van der Waals surface area contributed by atoms with E-state index in [4.69, 9.17) is 21.3 Å². The third-order valence-electron chi connectivity index (χ3n) is 6.31. The van der Waals surface area contributed by atoms with E-state index in [-0.39, 0.29) is 10.8 Å². The van der Waals surface area contributed by atoms with Crippen molar-refractivity contribution in [2.24, 2.45) is 0 Å². The largest absolute Gasteiger partial charge is 0.494 e.